The van der Waals surface area contributed by atoms with E-state index in [9.17, 15) is 23.5 Å². The van der Waals surface area contributed by atoms with Crippen molar-refractivity contribution >= 4 is 29.7 Å². The van der Waals surface area contributed by atoms with Crippen LogP contribution >= 0.6 is 11.6 Å². The van der Waals surface area contributed by atoms with Crippen LogP contribution in [-0.4, -0.2) is 52.3 Å². The van der Waals surface area contributed by atoms with Gasteiger partial charge in [0.05, 0.1) is 30.8 Å². The third-order valence-corrected chi connectivity index (χ3v) is 6.19. The van der Waals surface area contributed by atoms with E-state index < -0.39 is 30.0 Å². The van der Waals surface area contributed by atoms with Gasteiger partial charge in [-0.2, -0.15) is 0 Å². The maximum Gasteiger partial charge on any atom is 0.345 e. The number of carbonyl (C=O) groups is 2. The Morgan fingerprint density at radius 2 is 2.03 bits per heavy atom. The Hall–Kier alpha value is -3.21. The molecule has 2 aromatic rings. The van der Waals surface area contributed by atoms with Crippen LogP contribution in [0.25, 0.3) is 6.08 Å². The monoisotopic (exact) mass is 492 g/mol. The summed E-state index contributed by atoms with van der Waals surface area (Å²) in [5, 5.41) is 12.3. The van der Waals surface area contributed by atoms with Gasteiger partial charge in [-0.15, -0.1) is 0 Å². The molecular formula is C23H23ClF2N4O4. The number of hydroxylamine groups is 1. The number of aliphatic hydroxyl groups excluding tert-OH is 1. The number of aliphatic hydroxyl groups is 1. The molecule has 2 aromatic carbocycles. The maximum atomic E-state index is 13.6. The maximum absolute atomic E-state index is 13.6. The zero-order valence-electron chi connectivity index (χ0n) is 18.0. The zero-order valence-corrected chi connectivity index (χ0v) is 18.8. The van der Waals surface area contributed by atoms with Crippen LogP contribution in [-0.2, 0) is 17.9 Å². The molecule has 0 radical (unpaired) electrons. The van der Waals surface area contributed by atoms with Gasteiger partial charge in [-0.3, -0.25) is 9.74 Å². The summed E-state index contributed by atoms with van der Waals surface area (Å²) in [6.45, 7) is 0.109. The lowest BCUT2D eigenvalue weighted by Crippen LogP contribution is -2.44. The Morgan fingerprint density at radius 1 is 1.21 bits per heavy atom. The van der Waals surface area contributed by atoms with Crippen molar-refractivity contribution in [3.63, 3.8) is 0 Å². The predicted molar refractivity (Wildman–Crippen MR) is 120 cm³/mol. The van der Waals surface area contributed by atoms with Gasteiger partial charge in [0.1, 0.15) is 17.7 Å². The van der Waals surface area contributed by atoms with Gasteiger partial charge in [0.25, 0.3) is 0 Å². The third-order valence-electron chi connectivity index (χ3n) is 5.77. The summed E-state index contributed by atoms with van der Waals surface area (Å²) in [6.07, 6.45) is 2.93. The summed E-state index contributed by atoms with van der Waals surface area (Å²) >= 11 is 5.92. The summed E-state index contributed by atoms with van der Waals surface area (Å²) in [4.78, 5) is 33.4. The highest BCUT2D eigenvalue weighted by Gasteiger charge is 2.36. The lowest BCUT2D eigenvalue weighted by atomic mass is 10.0. The van der Waals surface area contributed by atoms with Crippen LogP contribution in [0.5, 0.6) is 0 Å². The van der Waals surface area contributed by atoms with Gasteiger partial charge in [0, 0.05) is 19.2 Å². The first kappa shape index (κ1) is 23.9. The molecule has 2 aliphatic rings. The molecule has 1 fully saturated rings. The molecule has 0 bridgehead atoms. The molecule has 2 atom stereocenters. The Labute approximate surface area is 199 Å². The molecule has 0 saturated carbocycles. The summed E-state index contributed by atoms with van der Waals surface area (Å²) in [7, 11) is 0. The second-order valence-corrected chi connectivity index (χ2v) is 8.41. The zero-order chi connectivity index (χ0) is 24.2. The van der Waals surface area contributed by atoms with Gasteiger partial charge >= 0.3 is 12.1 Å². The van der Waals surface area contributed by atoms with E-state index in [0.29, 0.717) is 17.5 Å². The van der Waals surface area contributed by atoms with Crippen LogP contribution in [0, 0.1) is 11.6 Å². The average molecular weight is 493 g/mol. The van der Waals surface area contributed by atoms with Crippen molar-refractivity contribution in [2.75, 3.05) is 13.2 Å². The highest BCUT2D eigenvalue weighted by molar-refractivity contribution is 6.31. The topological polar surface area (TPSA) is 94.1 Å². The van der Waals surface area contributed by atoms with E-state index in [-0.39, 0.29) is 37.1 Å². The molecule has 180 valence electrons. The summed E-state index contributed by atoms with van der Waals surface area (Å²) in [5.41, 5.74) is 4.29. The van der Waals surface area contributed by atoms with E-state index in [0.717, 1.165) is 5.56 Å². The van der Waals surface area contributed by atoms with E-state index in [1.165, 1.54) is 40.3 Å². The van der Waals surface area contributed by atoms with Crippen molar-refractivity contribution in [3.8, 4) is 0 Å². The van der Waals surface area contributed by atoms with E-state index in [1.807, 2.05) is 0 Å². The lowest BCUT2D eigenvalue weighted by molar-refractivity contribution is -0.00337. The number of hydrogen-bond acceptors (Lipinski definition) is 4. The van der Waals surface area contributed by atoms with Crippen LogP contribution in [0.1, 0.15) is 23.1 Å². The van der Waals surface area contributed by atoms with Gasteiger partial charge in [0.2, 0.25) is 0 Å². The molecule has 4 amide bonds. The average Bonchev–Trinajstić information content (AvgIpc) is 3.26. The van der Waals surface area contributed by atoms with E-state index >= 15 is 0 Å². The Kier molecular flexibility index (Phi) is 7.30. The molecule has 0 spiro atoms. The fraction of sp³-hybridized carbons (Fsp3) is 0.304. The molecule has 1 saturated heterocycles. The molecule has 3 N–H and O–H groups in total. The normalized spacial score (nSPS) is 19.2. The quantitative estimate of drug-likeness (QED) is 0.558. The van der Waals surface area contributed by atoms with E-state index in [2.05, 4.69) is 10.8 Å². The first-order valence-corrected chi connectivity index (χ1v) is 11.0. The molecular weight excluding hydrogens is 470 g/mol. The molecule has 0 unspecified atom stereocenters. The number of hydrogen-bond donors (Lipinski definition) is 3. The number of nitrogens with one attached hydrogen (secondary N) is 2. The largest absolute Gasteiger partial charge is 0.394 e. The second kappa shape index (κ2) is 10.4. The molecule has 8 nitrogen and oxygen atoms in total. The number of rotatable bonds is 5. The molecule has 0 aromatic heterocycles. The van der Waals surface area contributed by atoms with Crippen molar-refractivity contribution < 1.29 is 28.3 Å². The number of likely N-dealkylation sites (tertiary alicyclic amines) is 1. The minimum atomic E-state index is -0.578. The molecule has 0 aliphatic carbocycles. The third kappa shape index (κ3) is 5.30. The molecule has 4 rings (SSSR count). The summed E-state index contributed by atoms with van der Waals surface area (Å²) < 4.78 is 26.9. The van der Waals surface area contributed by atoms with Crippen molar-refractivity contribution in [3.05, 3.63) is 75.9 Å². The van der Waals surface area contributed by atoms with Crippen LogP contribution in [0.3, 0.4) is 0 Å². The van der Waals surface area contributed by atoms with Crippen LogP contribution in [0.4, 0.5) is 18.4 Å². The first-order valence-electron chi connectivity index (χ1n) is 10.6. The van der Waals surface area contributed by atoms with Gasteiger partial charge in [0.15, 0.2) is 0 Å². The van der Waals surface area contributed by atoms with Crippen molar-refractivity contribution in [2.24, 2.45) is 0 Å². The standard InChI is InChI=1S/C23H23ClF2N4O4/c24-21-15(2-1-3-20(21)26)10-27-22(32)30-12-19(9-18(30)13-31)34-28-23(33)29-7-6-14-8-17(25)5-4-16(14)11-29/h1-8,18-19,31H,9-13H2,(H,27,32)(H,28,33)/t18-,19+/m0/s1. The number of amides is 4. The number of fused-ring (bicyclic) bond motifs is 1. The number of halogens is 3. The minimum Gasteiger partial charge on any atom is -0.394 e. The molecule has 2 aliphatic heterocycles. The SMILES string of the molecule is O=C(NO[C@@H]1C[C@@H](CO)N(C(=O)NCc2cccc(F)c2Cl)C1)N1C=Cc2cc(F)ccc2C1. The highest BCUT2D eigenvalue weighted by Crippen LogP contribution is 2.23. The van der Waals surface area contributed by atoms with Gasteiger partial charge in [-0.25, -0.2) is 23.9 Å². The van der Waals surface area contributed by atoms with E-state index in [1.54, 1.807) is 18.2 Å². The van der Waals surface area contributed by atoms with Crippen LogP contribution in [0.15, 0.2) is 42.6 Å². The van der Waals surface area contributed by atoms with Crippen molar-refractivity contribution in [1.29, 1.82) is 0 Å². The second-order valence-electron chi connectivity index (χ2n) is 8.03. The smallest absolute Gasteiger partial charge is 0.345 e. The predicted octanol–water partition coefficient (Wildman–Crippen LogP) is 3.39. The van der Waals surface area contributed by atoms with Gasteiger partial charge in [-0.05, 0) is 41.0 Å². The first-order chi connectivity index (χ1) is 16.4. The number of carbonyl (C=O) groups excluding carboxylic acids is 2. The molecule has 11 heteroatoms. The number of benzene rings is 2. The van der Waals surface area contributed by atoms with Crippen molar-refractivity contribution in [1.82, 2.24) is 20.6 Å². The van der Waals surface area contributed by atoms with Gasteiger partial charge < -0.3 is 15.3 Å². The number of urea groups is 2. The van der Waals surface area contributed by atoms with E-state index in [4.69, 9.17) is 16.4 Å². The Bertz CT molecular complexity index is 1120. The van der Waals surface area contributed by atoms with Crippen LogP contribution in [0.2, 0.25) is 5.02 Å². The molecule has 34 heavy (non-hydrogen) atoms. The lowest BCUT2D eigenvalue weighted by Gasteiger charge is -2.24. The van der Waals surface area contributed by atoms with Crippen LogP contribution < -0.4 is 10.8 Å². The van der Waals surface area contributed by atoms with Crippen molar-refractivity contribution in [2.45, 2.75) is 31.7 Å². The summed E-state index contributed by atoms with van der Waals surface area (Å²) in [5.74, 6) is -0.928. The summed E-state index contributed by atoms with van der Waals surface area (Å²) in [6, 6.07) is 7.17. The number of nitrogens with zero attached hydrogens (tertiary/aromatic N) is 2. The Morgan fingerprint density at radius 3 is 2.82 bits per heavy atom. The fourth-order valence-corrected chi connectivity index (χ4v) is 4.13. The fourth-order valence-electron chi connectivity index (χ4n) is 3.94. The van der Waals surface area contributed by atoms with Gasteiger partial charge in [-0.1, -0.05) is 29.8 Å². The minimum absolute atomic E-state index is 0.0129. The highest BCUT2D eigenvalue weighted by atomic mass is 35.5. The molecule has 2 heterocycles. The Balaban J connectivity index is 1.28.